The topological polar surface area (TPSA) is 63.5 Å². The molecule has 196 valence electrons. The third-order valence-corrected chi connectivity index (χ3v) is 7.90. The first-order valence-corrected chi connectivity index (χ1v) is 14.1. The third-order valence-electron chi connectivity index (χ3n) is 6.57. The molecule has 7 nitrogen and oxygen atoms in total. The highest BCUT2D eigenvalue weighted by Crippen LogP contribution is 2.30. The van der Waals surface area contributed by atoms with Gasteiger partial charge in [-0.3, -0.25) is 9.36 Å². The van der Waals surface area contributed by atoms with E-state index >= 15 is 0 Å². The largest absolute Gasteiger partial charge is 0.497 e. The lowest BCUT2D eigenvalue weighted by molar-refractivity contribution is -0.131. The molecule has 38 heavy (non-hydrogen) atoms. The lowest BCUT2D eigenvalue weighted by Crippen LogP contribution is -2.48. The maximum Gasteiger partial charge on any atom is 0.222 e. The Labute approximate surface area is 232 Å². The summed E-state index contributed by atoms with van der Waals surface area (Å²) in [5.74, 6) is 2.50. The zero-order chi connectivity index (χ0) is 26.3. The Balaban J connectivity index is 1.19. The fourth-order valence-corrected chi connectivity index (χ4v) is 5.72. The Morgan fingerprint density at radius 3 is 2.47 bits per heavy atom. The fraction of sp³-hybridized carbons (Fsp3) is 0.276. The maximum absolute atomic E-state index is 12.9. The molecule has 0 bridgehead atoms. The smallest absolute Gasteiger partial charge is 0.222 e. The second-order valence-corrected chi connectivity index (χ2v) is 10.4. The average molecular weight is 548 g/mol. The van der Waals surface area contributed by atoms with Crippen LogP contribution in [0.2, 0.25) is 5.02 Å². The summed E-state index contributed by atoms with van der Waals surface area (Å²) in [5.41, 5.74) is 2.96. The van der Waals surface area contributed by atoms with E-state index in [1.807, 2.05) is 83.8 Å². The quantitative estimate of drug-likeness (QED) is 0.194. The van der Waals surface area contributed by atoms with Crippen LogP contribution in [0.5, 0.6) is 5.75 Å². The first kappa shape index (κ1) is 26.1. The monoisotopic (exact) mass is 547 g/mol. The third kappa shape index (κ3) is 5.97. The number of hydrogen-bond donors (Lipinski definition) is 0. The predicted molar refractivity (Wildman–Crippen MR) is 154 cm³/mol. The molecule has 4 aromatic rings. The van der Waals surface area contributed by atoms with E-state index in [9.17, 15) is 4.79 Å². The Hall–Kier alpha value is -3.49. The minimum Gasteiger partial charge on any atom is -0.497 e. The van der Waals surface area contributed by atoms with Gasteiger partial charge in [0, 0.05) is 49.6 Å². The number of para-hydroxylation sites is 2. The molecule has 1 aliphatic rings. The van der Waals surface area contributed by atoms with Crippen LogP contribution >= 0.6 is 23.4 Å². The summed E-state index contributed by atoms with van der Waals surface area (Å²) in [6, 6.07) is 25.8. The number of methoxy groups -OCH3 is 1. The highest BCUT2D eigenvalue weighted by atomic mass is 35.5. The number of thioether (sulfide) groups is 1. The first-order valence-electron chi connectivity index (χ1n) is 12.7. The Bertz CT molecular complexity index is 1370. The van der Waals surface area contributed by atoms with Gasteiger partial charge in [-0.05, 0) is 42.8 Å². The maximum atomic E-state index is 12.9. The van der Waals surface area contributed by atoms with Crippen LogP contribution < -0.4 is 9.64 Å². The lowest BCUT2D eigenvalue weighted by atomic mass is 10.2. The molecule has 1 fully saturated rings. The number of rotatable bonds is 9. The second kappa shape index (κ2) is 12.4. The number of nitrogens with zero attached hydrogens (tertiary/aromatic N) is 5. The molecule has 0 radical (unpaired) electrons. The number of aromatic nitrogens is 3. The molecule has 5 rings (SSSR count). The molecule has 1 aliphatic heterocycles. The van der Waals surface area contributed by atoms with Crippen molar-refractivity contribution in [2.45, 2.75) is 18.0 Å². The van der Waals surface area contributed by atoms with Crippen LogP contribution in [0.4, 0.5) is 5.69 Å². The van der Waals surface area contributed by atoms with Gasteiger partial charge in [-0.25, -0.2) is 0 Å². The Morgan fingerprint density at radius 1 is 0.947 bits per heavy atom. The zero-order valence-corrected chi connectivity index (χ0v) is 22.9. The first-order chi connectivity index (χ1) is 18.6. The van der Waals surface area contributed by atoms with Crippen LogP contribution in [0.25, 0.3) is 17.1 Å². The number of halogens is 1. The summed E-state index contributed by atoms with van der Waals surface area (Å²) in [6.45, 7) is 3.00. The van der Waals surface area contributed by atoms with Crippen LogP contribution in [0, 0.1) is 0 Å². The summed E-state index contributed by atoms with van der Waals surface area (Å²) >= 11 is 7.97. The molecule has 0 spiro atoms. The van der Waals surface area contributed by atoms with Gasteiger partial charge in [-0.1, -0.05) is 65.8 Å². The van der Waals surface area contributed by atoms with Crippen molar-refractivity contribution in [2.75, 3.05) is 43.9 Å². The van der Waals surface area contributed by atoms with Gasteiger partial charge in [0.15, 0.2) is 11.0 Å². The highest BCUT2D eigenvalue weighted by Gasteiger charge is 2.22. The van der Waals surface area contributed by atoms with E-state index in [0.29, 0.717) is 19.5 Å². The van der Waals surface area contributed by atoms with Crippen molar-refractivity contribution in [1.29, 1.82) is 0 Å². The van der Waals surface area contributed by atoms with Gasteiger partial charge in [-0.2, -0.15) is 0 Å². The summed E-state index contributed by atoms with van der Waals surface area (Å²) in [4.78, 5) is 17.1. The van der Waals surface area contributed by atoms with Crippen molar-refractivity contribution in [2.24, 2.45) is 0 Å². The normalized spacial score (nSPS) is 13.5. The summed E-state index contributed by atoms with van der Waals surface area (Å²) in [7, 11) is 1.66. The lowest BCUT2D eigenvalue weighted by Gasteiger charge is -2.36. The molecule has 1 saturated heterocycles. The van der Waals surface area contributed by atoms with Crippen molar-refractivity contribution in [3.63, 3.8) is 0 Å². The summed E-state index contributed by atoms with van der Waals surface area (Å²) in [6.07, 6.45) is 1.28. The van der Waals surface area contributed by atoms with E-state index in [-0.39, 0.29) is 5.91 Å². The van der Waals surface area contributed by atoms with Crippen molar-refractivity contribution < 1.29 is 9.53 Å². The van der Waals surface area contributed by atoms with Crippen molar-refractivity contribution in [3.05, 3.63) is 83.9 Å². The summed E-state index contributed by atoms with van der Waals surface area (Å²) in [5, 5.41) is 10.6. The molecule has 0 atom stereocenters. The molecule has 1 amide bonds. The zero-order valence-electron chi connectivity index (χ0n) is 21.3. The van der Waals surface area contributed by atoms with Crippen LogP contribution in [-0.2, 0) is 4.79 Å². The second-order valence-electron chi connectivity index (χ2n) is 8.98. The molecule has 3 aromatic carbocycles. The Morgan fingerprint density at radius 2 is 1.71 bits per heavy atom. The molecule has 0 aliphatic carbocycles. The van der Waals surface area contributed by atoms with E-state index in [0.717, 1.165) is 64.0 Å². The number of hydrogen-bond acceptors (Lipinski definition) is 6. The van der Waals surface area contributed by atoms with Crippen molar-refractivity contribution in [3.8, 4) is 22.8 Å². The average Bonchev–Trinajstić information content (AvgIpc) is 3.40. The van der Waals surface area contributed by atoms with Crippen LogP contribution in [0.1, 0.15) is 12.8 Å². The highest BCUT2D eigenvalue weighted by molar-refractivity contribution is 7.99. The number of anilines is 1. The van der Waals surface area contributed by atoms with Gasteiger partial charge in [0.2, 0.25) is 5.91 Å². The minimum atomic E-state index is 0.200. The number of ether oxygens (including phenoxy) is 1. The van der Waals surface area contributed by atoms with Gasteiger partial charge >= 0.3 is 0 Å². The number of amides is 1. The van der Waals surface area contributed by atoms with Crippen LogP contribution in [-0.4, -0.2) is 64.6 Å². The molecule has 2 heterocycles. The predicted octanol–water partition coefficient (Wildman–Crippen LogP) is 5.82. The minimum absolute atomic E-state index is 0.200. The molecule has 0 unspecified atom stereocenters. The van der Waals surface area contributed by atoms with Gasteiger partial charge in [0.05, 0.1) is 17.8 Å². The molecule has 0 saturated carbocycles. The van der Waals surface area contributed by atoms with Gasteiger partial charge < -0.3 is 14.5 Å². The molecular formula is C29H30ClN5O2S. The van der Waals surface area contributed by atoms with E-state index in [4.69, 9.17) is 16.3 Å². The van der Waals surface area contributed by atoms with Crippen LogP contribution in [0.3, 0.4) is 0 Å². The fourth-order valence-electron chi connectivity index (χ4n) is 4.57. The van der Waals surface area contributed by atoms with E-state index < -0.39 is 0 Å². The number of carbonyl (C=O) groups excluding carboxylic acids is 1. The van der Waals surface area contributed by atoms with E-state index in [1.54, 1.807) is 18.9 Å². The number of benzene rings is 3. The molecular weight excluding hydrogens is 518 g/mol. The Kier molecular flexibility index (Phi) is 8.51. The van der Waals surface area contributed by atoms with Gasteiger partial charge in [-0.15, -0.1) is 10.2 Å². The molecule has 0 N–H and O–H groups in total. The van der Waals surface area contributed by atoms with Crippen molar-refractivity contribution >= 4 is 35.0 Å². The summed E-state index contributed by atoms with van der Waals surface area (Å²) < 4.78 is 7.47. The van der Waals surface area contributed by atoms with Crippen LogP contribution in [0.15, 0.2) is 84.0 Å². The van der Waals surface area contributed by atoms with E-state index in [2.05, 4.69) is 19.7 Å². The molecule has 1 aromatic heterocycles. The van der Waals surface area contributed by atoms with Gasteiger partial charge in [0.25, 0.3) is 0 Å². The number of piperazine rings is 1. The SMILES string of the molecule is COc1cccc(-c2nnc(SCCCC(=O)N3CCN(c4ccccc4Cl)CC3)n2-c2ccccc2)c1. The van der Waals surface area contributed by atoms with E-state index in [1.165, 1.54) is 0 Å². The standard InChI is InChI=1S/C29H30ClN5O2S/c1-37-24-12-7-9-22(21-24)28-31-32-29(35(28)23-10-3-2-4-11-23)38-20-8-15-27(36)34-18-16-33(17-19-34)26-14-6-5-13-25(26)30/h2-7,9-14,21H,8,15-20H2,1H3. The van der Waals surface area contributed by atoms with Crippen molar-refractivity contribution in [1.82, 2.24) is 19.7 Å². The molecule has 9 heteroatoms. The van der Waals surface area contributed by atoms with Gasteiger partial charge in [0.1, 0.15) is 5.75 Å². The number of carbonyl (C=O) groups is 1.